The summed E-state index contributed by atoms with van der Waals surface area (Å²) in [5.74, 6) is 0.0960. The molecule has 112 valence electrons. The third kappa shape index (κ3) is 5.74. The van der Waals surface area contributed by atoms with Crippen molar-refractivity contribution in [3.63, 3.8) is 0 Å². The van der Waals surface area contributed by atoms with Gasteiger partial charge in [-0.3, -0.25) is 4.79 Å². The normalized spacial score (nSPS) is 14.7. The highest BCUT2D eigenvalue weighted by molar-refractivity contribution is 5.76. The Balaban J connectivity index is 2.49. The molecular formula is C17H28N2O. The molecule has 0 aliphatic carbocycles. The molecule has 3 N–H and O–H groups in total. The second-order valence-electron chi connectivity index (χ2n) is 6.44. The highest BCUT2D eigenvalue weighted by atomic mass is 16.1. The van der Waals surface area contributed by atoms with Crippen LogP contribution in [0.1, 0.15) is 52.5 Å². The highest BCUT2D eigenvalue weighted by Gasteiger charge is 2.23. The second-order valence-corrected chi connectivity index (χ2v) is 6.44. The Hall–Kier alpha value is -1.35. The molecule has 2 unspecified atom stereocenters. The lowest BCUT2D eigenvalue weighted by atomic mass is 9.79. The van der Waals surface area contributed by atoms with Crippen molar-refractivity contribution in [2.45, 2.75) is 64.5 Å². The summed E-state index contributed by atoms with van der Waals surface area (Å²) in [6, 6.07) is 10.7. The van der Waals surface area contributed by atoms with Gasteiger partial charge in [-0.05, 0) is 37.7 Å². The third-order valence-corrected chi connectivity index (χ3v) is 3.61. The van der Waals surface area contributed by atoms with Gasteiger partial charge in [0.15, 0.2) is 0 Å². The van der Waals surface area contributed by atoms with Gasteiger partial charge in [0.2, 0.25) is 5.91 Å². The second kappa shape index (κ2) is 7.44. The summed E-state index contributed by atoms with van der Waals surface area (Å²) in [7, 11) is 0. The molecule has 3 nitrogen and oxygen atoms in total. The van der Waals surface area contributed by atoms with E-state index in [0.717, 1.165) is 12.8 Å². The number of rotatable bonds is 7. The first-order valence-electron chi connectivity index (χ1n) is 7.42. The molecule has 0 saturated heterocycles. The summed E-state index contributed by atoms with van der Waals surface area (Å²) in [6.45, 7) is 8.42. The van der Waals surface area contributed by atoms with Crippen molar-refractivity contribution in [1.82, 2.24) is 5.32 Å². The number of amides is 1. The van der Waals surface area contributed by atoms with Crippen LogP contribution in [0.15, 0.2) is 30.3 Å². The molecule has 0 aliphatic rings. The van der Waals surface area contributed by atoms with E-state index < -0.39 is 0 Å². The van der Waals surface area contributed by atoms with E-state index in [9.17, 15) is 4.79 Å². The van der Waals surface area contributed by atoms with E-state index in [4.69, 9.17) is 5.73 Å². The van der Waals surface area contributed by atoms with Crippen molar-refractivity contribution in [2.24, 2.45) is 5.73 Å². The number of nitrogens with two attached hydrogens (primary N) is 1. The van der Waals surface area contributed by atoms with Crippen LogP contribution in [0.3, 0.4) is 0 Å². The lowest BCUT2D eigenvalue weighted by Crippen LogP contribution is -2.37. The van der Waals surface area contributed by atoms with Crippen molar-refractivity contribution >= 4 is 5.91 Å². The summed E-state index contributed by atoms with van der Waals surface area (Å²) in [5, 5.41) is 3.07. The van der Waals surface area contributed by atoms with Crippen LogP contribution in [0, 0.1) is 0 Å². The number of hydrogen-bond donors (Lipinski definition) is 2. The molecule has 3 heteroatoms. The van der Waals surface area contributed by atoms with Crippen LogP contribution >= 0.6 is 0 Å². The molecule has 0 fully saturated rings. The molecule has 0 heterocycles. The summed E-state index contributed by atoms with van der Waals surface area (Å²) in [6.07, 6.45) is 2.16. The SMILES string of the molecule is CC(N)CCC(=O)NC(C)CC(C)(C)c1ccccc1. The van der Waals surface area contributed by atoms with Crippen LogP contribution in [-0.4, -0.2) is 18.0 Å². The molecule has 0 aliphatic heterocycles. The minimum absolute atomic E-state index is 0.0507. The molecule has 1 amide bonds. The first kappa shape index (κ1) is 16.7. The van der Waals surface area contributed by atoms with Crippen molar-refractivity contribution in [3.05, 3.63) is 35.9 Å². The fraction of sp³-hybridized carbons (Fsp3) is 0.588. The topological polar surface area (TPSA) is 55.1 Å². The van der Waals surface area contributed by atoms with E-state index in [1.165, 1.54) is 5.56 Å². The molecule has 0 aromatic heterocycles. The largest absolute Gasteiger partial charge is 0.354 e. The molecule has 1 aromatic carbocycles. The molecule has 1 aromatic rings. The smallest absolute Gasteiger partial charge is 0.220 e. The van der Waals surface area contributed by atoms with Gasteiger partial charge in [0.1, 0.15) is 0 Å². The minimum Gasteiger partial charge on any atom is -0.354 e. The van der Waals surface area contributed by atoms with Crippen LogP contribution in [0.5, 0.6) is 0 Å². The number of carbonyl (C=O) groups is 1. The predicted molar refractivity (Wildman–Crippen MR) is 84.6 cm³/mol. The van der Waals surface area contributed by atoms with Crippen LogP contribution < -0.4 is 11.1 Å². The Bertz CT molecular complexity index is 412. The first-order valence-corrected chi connectivity index (χ1v) is 7.42. The van der Waals surface area contributed by atoms with Gasteiger partial charge in [-0.1, -0.05) is 44.2 Å². The Morgan fingerprint density at radius 3 is 2.40 bits per heavy atom. The van der Waals surface area contributed by atoms with Gasteiger partial charge in [-0.15, -0.1) is 0 Å². The van der Waals surface area contributed by atoms with Crippen LogP contribution in [-0.2, 0) is 10.2 Å². The van der Waals surface area contributed by atoms with Gasteiger partial charge in [-0.25, -0.2) is 0 Å². The van der Waals surface area contributed by atoms with Crippen LogP contribution in [0.25, 0.3) is 0 Å². The average molecular weight is 276 g/mol. The van der Waals surface area contributed by atoms with Crippen LogP contribution in [0.2, 0.25) is 0 Å². The molecule has 0 radical (unpaired) electrons. The van der Waals surface area contributed by atoms with Gasteiger partial charge in [0.05, 0.1) is 0 Å². The Morgan fingerprint density at radius 1 is 1.25 bits per heavy atom. The Kier molecular flexibility index (Phi) is 6.21. The lowest BCUT2D eigenvalue weighted by molar-refractivity contribution is -0.121. The quantitative estimate of drug-likeness (QED) is 0.804. The van der Waals surface area contributed by atoms with Gasteiger partial charge in [0.25, 0.3) is 0 Å². The summed E-state index contributed by atoms with van der Waals surface area (Å²) in [4.78, 5) is 11.8. The molecule has 20 heavy (non-hydrogen) atoms. The molecule has 2 atom stereocenters. The van der Waals surface area contributed by atoms with E-state index in [1.54, 1.807) is 0 Å². The van der Waals surface area contributed by atoms with Gasteiger partial charge < -0.3 is 11.1 Å². The molecule has 0 saturated carbocycles. The molecule has 0 spiro atoms. The van der Waals surface area contributed by atoms with Crippen molar-refractivity contribution in [3.8, 4) is 0 Å². The van der Waals surface area contributed by atoms with Gasteiger partial charge >= 0.3 is 0 Å². The lowest BCUT2D eigenvalue weighted by Gasteiger charge is -2.29. The minimum atomic E-state index is 0.0507. The molecule has 0 bridgehead atoms. The summed E-state index contributed by atoms with van der Waals surface area (Å²) >= 11 is 0. The van der Waals surface area contributed by atoms with Gasteiger partial charge in [-0.2, -0.15) is 0 Å². The number of hydrogen-bond acceptors (Lipinski definition) is 2. The summed E-state index contributed by atoms with van der Waals surface area (Å²) < 4.78 is 0. The third-order valence-electron chi connectivity index (χ3n) is 3.61. The van der Waals surface area contributed by atoms with E-state index in [1.807, 2.05) is 13.0 Å². The number of nitrogens with one attached hydrogen (secondary N) is 1. The van der Waals surface area contributed by atoms with Crippen molar-refractivity contribution in [2.75, 3.05) is 0 Å². The number of carbonyl (C=O) groups excluding carboxylic acids is 1. The van der Waals surface area contributed by atoms with E-state index in [-0.39, 0.29) is 23.4 Å². The number of benzene rings is 1. The molecular weight excluding hydrogens is 248 g/mol. The van der Waals surface area contributed by atoms with E-state index in [0.29, 0.717) is 6.42 Å². The Morgan fingerprint density at radius 2 is 1.85 bits per heavy atom. The first-order chi connectivity index (χ1) is 9.31. The van der Waals surface area contributed by atoms with Gasteiger partial charge in [0, 0.05) is 18.5 Å². The zero-order chi connectivity index (χ0) is 15.2. The van der Waals surface area contributed by atoms with Crippen molar-refractivity contribution in [1.29, 1.82) is 0 Å². The predicted octanol–water partition coefficient (Wildman–Crippen LogP) is 2.99. The zero-order valence-corrected chi connectivity index (χ0v) is 13.1. The maximum absolute atomic E-state index is 11.8. The van der Waals surface area contributed by atoms with Crippen molar-refractivity contribution < 1.29 is 4.79 Å². The molecule has 1 rings (SSSR count). The summed E-state index contributed by atoms with van der Waals surface area (Å²) in [5.41, 5.74) is 7.02. The maximum Gasteiger partial charge on any atom is 0.220 e. The van der Waals surface area contributed by atoms with Crippen LogP contribution in [0.4, 0.5) is 0 Å². The fourth-order valence-corrected chi connectivity index (χ4v) is 2.53. The monoisotopic (exact) mass is 276 g/mol. The highest BCUT2D eigenvalue weighted by Crippen LogP contribution is 2.28. The standard InChI is InChI=1S/C17H28N2O/c1-13(18)10-11-16(20)19-14(2)12-17(3,4)15-8-6-5-7-9-15/h5-9,13-14H,10-12,18H2,1-4H3,(H,19,20). The fourth-order valence-electron chi connectivity index (χ4n) is 2.53. The Labute approximate surface area is 122 Å². The zero-order valence-electron chi connectivity index (χ0n) is 13.1. The maximum atomic E-state index is 11.8. The van der Waals surface area contributed by atoms with E-state index in [2.05, 4.69) is 50.4 Å². The van der Waals surface area contributed by atoms with E-state index >= 15 is 0 Å². The average Bonchev–Trinajstić information content (AvgIpc) is 2.36.